The lowest BCUT2D eigenvalue weighted by Crippen LogP contribution is -2.50. The first-order valence-electron chi connectivity index (χ1n) is 11.1. The molecule has 26 heavy (non-hydrogen) atoms. The number of rotatable bonds is 8. The van der Waals surface area contributed by atoms with Crippen molar-refractivity contribution in [2.75, 3.05) is 52.4 Å². The molecule has 0 aromatic heterocycles. The number of hydrogen-bond acceptors (Lipinski definition) is 3. The normalized spacial score (nSPS) is 27.3. The third-order valence-corrected chi connectivity index (χ3v) is 6.23. The number of guanidine groups is 1. The van der Waals surface area contributed by atoms with Gasteiger partial charge < -0.3 is 15.5 Å². The molecule has 1 aliphatic heterocycles. The van der Waals surface area contributed by atoms with Crippen molar-refractivity contribution in [1.82, 2.24) is 20.4 Å². The molecule has 2 aliphatic rings. The lowest BCUT2D eigenvalue weighted by atomic mass is 9.81. The van der Waals surface area contributed by atoms with E-state index in [1.54, 1.807) is 0 Å². The molecule has 2 N–H and O–H groups in total. The van der Waals surface area contributed by atoms with E-state index in [1.807, 2.05) is 0 Å². The summed E-state index contributed by atoms with van der Waals surface area (Å²) in [7, 11) is 0. The van der Waals surface area contributed by atoms with Crippen LogP contribution in [0.5, 0.6) is 0 Å². The summed E-state index contributed by atoms with van der Waals surface area (Å²) in [5, 5.41) is 6.99. The SMILES string of the molecule is CCNC(=NCC(C)N1CCN(CC)CC1)NCCC1CCCC(C)C1. The molecule has 2 fully saturated rings. The average Bonchev–Trinajstić information content (AvgIpc) is 2.66. The van der Waals surface area contributed by atoms with Crippen LogP contribution in [0.25, 0.3) is 0 Å². The Balaban J connectivity index is 1.71. The minimum Gasteiger partial charge on any atom is -0.357 e. The van der Waals surface area contributed by atoms with Crippen LogP contribution in [0.4, 0.5) is 0 Å². The molecule has 0 amide bonds. The zero-order valence-electron chi connectivity index (χ0n) is 17.8. The van der Waals surface area contributed by atoms with Crippen molar-refractivity contribution in [3.63, 3.8) is 0 Å². The monoisotopic (exact) mass is 365 g/mol. The third kappa shape index (κ3) is 7.43. The van der Waals surface area contributed by atoms with Crippen LogP contribution in [0.2, 0.25) is 0 Å². The van der Waals surface area contributed by atoms with E-state index in [2.05, 4.69) is 48.1 Å². The van der Waals surface area contributed by atoms with Gasteiger partial charge in [-0.3, -0.25) is 9.89 Å². The van der Waals surface area contributed by atoms with E-state index in [9.17, 15) is 0 Å². The van der Waals surface area contributed by atoms with E-state index in [1.165, 1.54) is 64.8 Å². The van der Waals surface area contributed by atoms with Crippen LogP contribution in [0, 0.1) is 11.8 Å². The van der Waals surface area contributed by atoms with Crippen LogP contribution in [0.3, 0.4) is 0 Å². The maximum Gasteiger partial charge on any atom is 0.191 e. The smallest absolute Gasteiger partial charge is 0.191 e. The van der Waals surface area contributed by atoms with Gasteiger partial charge in [-0.15, -0.1) is 0 Å². The maximum absolute atomic E-state index is 4.86. The van der Waals surface area contributed by atoms with E-state index in [0.717, 1.165) is 37.4 Å². The van der Waals surface area contributed by atoms with Crippen LogP contribution in [-0.4, -0.2) is 74.2 Å². The lowest BCUT2D eigenvalue weighted by Gasteiger charge is -2.37. The topological polar surface area (TPSA) is 42.9 Å². The molecular weight excluding hydrogens is 322 g/mol. The Hall–Kier alpha value is -0.810. The van der Waals surface area contributed by atoms with Crippen LogP contribution in [0.15, 0.2) is 4.99 Å². The molecular formula is C21H43N5. The molecule has 0 bridgehead atoms. The largest absolute Gasteiger partial charge is 0.357 e. The van der Waals surface area contributed by atoms with Gasteiger partial charge in [0.15, 0.2) is 5.96 Å². The Morgan fingerprint density at radius 3 is 2.54 bits per heavy atom. The average molecular weight is 366 g/mol. The molecule has 1 saturated carbocycles. The van der Waals surface area contributed by atoms with Crippen molar-refractivity contribution in [2.45, 2.75) is 65.8 Å². The summed E-state index contributed by atoms with van der Waals surface area (Å²) in [5.74, 6) is 2.82. The molecule has 152 valence electrons. The number of likely N-dealkylation sites (N-methyl/N-ethyl adjacent to an activating group) is 1. The summed E-state index contributed by atoms with van der Waals surface area (Å²) >= 11 is 0. The third-order valence-electron chi connectivity index (χ3n) is 6.23. The summed E-state index contributed by atoms with van der Waals surface area (Å²) in [6.45, 7) is 17.9. The standard InChI is InChI=1S/C21H43N5/c1-5-22-21(23-11-10-20-9-7-8-18(3)16-20)24-17-19(4)26-14-12-25(6-2)13-15-26/h18-20H,5-17H2,1-4H3,(H2,22,23,24). The number of hydrogen-bond donors (Lipinski definition) is 2. The molecule has 5 nitrogen and oxygen atoms in total. The van der Waals surface area contributed by atoms with Crippen molar-refractivity contribution in [3.05, 3.63) is 0 Å². The molecule has 3 unspecified atom stereocenters. The zero-order valence-corrected chi connectivity index (χ0v) is 17.8. The molecule has 0 radical (unpaired) electrons. The highest BCUT2D eigenvalue weighted by Gasteiger charge is 2.20. The van der Waals surface area contributed by atoms with E-state index in [4.69, 9.17) is 4.99 Å². The van der Waals surface area contributed by atoms with Gasteiger partial charge in [-0.2, -0.15) is 0 Å². The Kier molecular flexibility index (Phi) is 9.76. The van der Waals surface area contributed by atoms with Gasteiger partial charge in [-0.1, -0.05) is 33.1 Å². The lowest BCUT2D eigenvalue weighted by molar-refractivity contribution is 0.109. The van der Waals surface area contributed by atoms with Gasteiger partial charge in [0.05, 0.1) is 6.54 Å². The van der Waals surface area contributed by atoms with Gasteiger partial charge in [0.2, 0.25) is 0 Å². The Morgan fingerprint density at radius 1 is 1.12 bits per heavy atom. The number of aliphatic imine (C=N–C) groups is 1. The van der Waals surface area contributed by atoms with Crippen LogP contribution in [-0.2, 0) is 0 Å². The summed E-state index contributed by atoms with van der Waals surface area (Å²) in [5.41, 5.74) is 0. The Bertz CT molecular complexity index is 403. The molecule has 0 aromatic rings. The van der Waals surface area contributed by atoms with Crippen LogP contribution in [0.1, 0.15) is 59.8 Å². The van der Waals surface area contributed by atoms with Gasteiger partial charge in [0.25, 0.3) is 0 Å². The fourth-order valence-electron chi connectivity index (χ4n) is 4.42. The fourth-order valence-corrected chi connectivity index (χ4v) is 4.42. The first kappa shape index (κ1) is 21.5. The highest BCUT2D eigenvalue weighted by Crippen LogP contribution is 2.30. The van der Waals surface area contributed by atoms with Crippen LogP contribution >= 0.6 is 0 Å². The minimum absolute atomic E-state index is 0.517. The van der Waals surface area contributed by atoms with Gasteiger partial charge in [-0.25, -0.2) is 0 Å². The number of piperazine rings is 1. The number of nitrogens with one attached hydrogen (secondary N) is 2. The molecule has 0 aromatic carbocycles. The quantitative estimate of drug-likeness (QED) is 0.513. The van der Waals surface area contributed by atoms with Crippen molar-refractivity contribution >= 4 is 5.96 Å². The first-order chi connectivity index (χ1) is 12.6. The van der Waals surface area contributed by atoms with Crippen LogP contribution < -0.4 is 10.6 Å². The summed E-state index contributed by atoms with van der Waals surface area (Å²) < 4.78 is 0. The van der Waals surface area contributed by atoms with Crippen molar-refractivity contribution < 1.29 is 0 Å². The van der Waals surface area contributed by atoms with Gasteiger partial charge >= 0.3 is 0 Å². The van der Waals surface area contributed by atoms with Gasteiger partial charge in [-0.05, 0) is 45.1 Å². The first-order valence-corrected chi connectivity index (χ1v) is 11.1. The molecule has 1 saturated heterocycles. The predicted octanol–water partition coefficient (Wildman–Crippen LogP) is 2.78. The second kappa shape index (κ2) is 11.8. The fraction of sp³-hybridized carbons (Fsp3) is 0.952. The second-order valence-corrected chi connectivity index (χ2v) is 8.39. The highest BCUT2D eigenvalue weighted by molar-refractivity contribution is 5.79. The molecule has 2 rings (SSSR count). The summed E-state index contributed by atoms with van der Waals surface area (Å²) in [6.07, 6.45) is 6.96. The molecule has 5 heteroatoms. The summed E-state index contributed by atoms with van der Waals surface area (Å²) in [4.78, 5) is 9.98. The molecule has 3 atom stereocenters. The van der Waals surface area contributed by atoms with E-state index >= 15 is 0 Å². The van der Waals surface area contributed by atoms with Crippen molar-refractivity contribution in [3.8, 4) is 0 Å². The van der Waals surface area contributed by atoms with Gasteiger partial charge in [0.1, 0.15) is 0 Å². The Labute approximate surface area is 162 Å². The molecule has 0 spiro atoms. The van der Waals surface area contributed by atoms with E-state index in [-0.39, 0.29) is 0 Å². The molecule has 1 aliphatic carbocycles. The van der Waals surface area contributed by atoms with Gasteiger partial charge in [0, 0.05) is 45.3 Å². The Morgan fingerprint density at radius 2 is 1.88 bits per heavy atom. The van der Waals surface area contributed by atoms with Crippen molar-refractivity contribution in [2.24, 2.45) is 16.8 Å². The minimum atomic E-state index is 0.517. The van der Waals surface area contributed by atoms with E-state index in [0.29, 0.717) is 6.04 Å². The zero-order chi connectivity index (χ0) is 18.8. The summed E-state index contributed by atoms with van der Waals surface area (Å²) in [6, 6.07) is 0.517. The van der Waals surface area contributed by atoms with E-state index < -0.39 is 0 Å². The van der Waals surface area contributed by atoms with Crippen molar-refractivity contribution in [1.29, 1.82) is 0 Å². The maximum atomic E-state index is 4.86. The highest BCUT2D eigenvalue weighted by atomic mass is 15.3. The second-order valence-electron chi connectivity index (χ2n) is 8.39. The predicted molar refractivity (Wildman–Crippen MR) is 113 cm³/mol. The number of nitrogens with zero attached hydrogens (tertiary/aromatic N) is 3. The molecule has 1 heterocycles.